The van der Waals surface area contributed by atoms with Crippen molar-refractivity contribution < 1.29 is 9.90 Å². The van der Waals surface area contributed by atoms with Crippen molar-refractivity contribution in [2.24, 2.45) is 0 Å². The van der Waals surface area contributed by atoms with Crippen molar-refractivity contribution >= 4 is 16.9 Å². The summed E-state index contributed by atoms with van der Waals surface area (Å²) < 4.78 is 2.12. The van der Waals surface area contributed by atoms with Crippen LogP contribution in [0.2, 0.25) is 0 Å². The monoisotopic (exact) mass is 301 g/mol. The van der Waals surface area contributed by atoms with E-state index in [4.69, 9.17) is 0 Å². The highest BCUT2D eigenvalue weighted by Gasteiger charge is 2.10. The number of nitrogens with zero attached hydrogens (tertiary/aromatic N) is 2. The maximum absolute atomic E-state index is 11.7. The van der Waals surface area contributed by atoms with E-state index < -0.39 is 6.10 Å². The number of carbonyl (C=O) groups is 1. The summed E-state index contributed by atoms with van der Waals surface area (Å²) in [4.78, 5) is 16.3. The Hall–Kier alpha value is -2.14. The van der Waals surface area contributed by atoms with Gasteiger partial charge in [-0.15, -0.1) is 6.58 Å². The predicted octanol–water partition coefficient (Wildman–Crippen LogP) is 2.04. The van der Waals surface area contributed by atoms with Crippen LogP contribution in [-0.2, 0) is 17.8 Å². The van der Waals surface area contributed by atoms with Crippen LogP contribution in [0.5, 0.6) is 0 Å². The molecule has 1 amide bonds. The maximum Gasteiger partial charge on any atom is 0.220 e. The van der Waals surface area contributed by atoms with Crippen LogP contribution in [0.15, 0.2) is 36.9 Å². The van der Waals surface area contributed by atoms with Gasteiger partial charge < -0.3 is 15.0 Å². The average Bonchev–Trinajstić information content (AvgIpc) is 2.84. The molecule has 0 saturated heterocycles. The van der Waals surface area contributed by atoms with E-state index in [9.17, 15) is 9.90 Å². The number of benzene rings is 1. The summed E-state index contributed by atoms with van der Waals surface area (Å²) in [5, 5.41) is 12.0. The first-order chi connectivity index (χ1) is 10.6. The molecular weight excluding hydrogens is 278 g/mol. The van der Waals surface area contributed by atoms with Gasteiger partial charge in [-0.05, 0) is 25.5 Å². The minimum atomic E-state index is -0.442. The lowest BCUT2D eigenvalue weighted by Crippen LogP contribution is -2.27. The van der Waals surface area contributed by atoms with Gasteiger partial charge in [0.2, 0.25) is 5.91 Å². The predicted molar refractivity (Wildman–Crippen MR) is 87.6 cm³/mol. The summed E-state index contributed by atoms with van der Waals surface area (Å²) in [6.07, 6.45) is 2.91. The summed E-state index contributed by atoms with van der Waals surface area (Å²) >= 11 is 0. The number of allylic oxidation sites excluding steroid dienone is 1. The van der Waals surface area contributed by atoms with Crippen LogP contribution < -0.4 is 5.32 Å². The van der Waals surface area contributed by atoms with Gasteiger partial charge >= 0.3 is 0 Å². The van der Waals surface area contributed by atoms with Crippen molar-refractivity contribution in [1.29, 1.82) is 0 Å². The number of nitrogens with one attached hydrogen (secondary N) is 1. The number of amides is 1. The number of hydrogen-bond donors (Lipinski definition) is 2. The lowest BCUT2D eigenvalue weighted by atomic mass is 10.2. The zero-order chi connectivity index (χ0) is 15.9. The molecule has 0 radical (unpaired) electrons. The number of aliphatic hydroxyl groups is 1. The van der Waals surface area contributed by atoms with Crippen molar-refractivity contribution in [1.82, 2.24) is 14.9 Å². The Morgan fingerprint density at radius 1 is 1.50 bits per heavy atom. The molecule has 0 bridgehead atoms. The molecule has 1 aromatic heterocycles. The summed E-state index contributed by atoms with van der Waals surface area (Å²) in [5.41, 5.74) is 2.04. The summed E-state index contributed by atoms with van der Waals surface area (Å²) in [6, 6.07) is 7.98. The first kappa shape index (κ1) is 16.2. The molecule has 118 valence electrons. The zero-order valence-corrected chi connectivity index (χ0v) is 13.0. The highest BCUT2D eigenvalue weighted by molar-refractivity contribution is 5.76. The molecule has 0 fully saturated rings. The lowest BCUT2D eigenvalue weighted by Gasteiger charge is -2.08. The summed E-state index contributed by atoms with van der Waals surface area (Å²) in [7, 11) is 0. The van der Waals surface area contributed by atoms with Gasteiger partial charge in [0.25, 0.3) is 0 Å². The first-order valence-corrected chi connectivity index (χ1v) is 7.61. The van der Waals surface area contributed by atoms with Gasteiger partial charge in [0.15, 0.2) is 0 Å². The van der Waals surface area contributed by atoms with Crippen molar-refractivity contribution in [2.45, 2.75) is 38.8 Å². The zero-order valence-electron chi connectivity index (χ0n) is 13.0. The molecule has 1 aromatic carbocycles. The summed E-state index contributed by atoms with van der Waals surface area (Å²) in [6.45, 7) is 6.72. The average molecular weight is 301 g/mol. The van der Waals surface area contributed by atoms with E-state index in [0.717, 1.165) is 16.9 Å². The second kappa shape index (κ2) is 7.75. The smallest absolute Gasteiger partial charge is 0.220 e. The minimum Gasteiger partial charge on any atom is -0.393 e. The van der Waals surface area contributed by atoms with E-state index in [1.165, 1.54) is 0 Å². The molecule has 1 heterocycles. The number of aromatic nitrogens is 2. The van der Waals surface area contributed by atoms with E-state index in [0.29, 0.717) is 32.4 Å². The van der Waals surface area contributed by atoms with E-state index in [2.05, 4.69) is 21.4 Å². The number of hydrogen-bond acceptors (Lipinski definition) is 3. The molecule has 0 aliphatic carbocycles. The van der Waals surface area contributed by atoms with Gasteiger partial charge in [-0.3, -0.25) is 4.79 Å². The number of aliphatic hydroxyl groups excluding tert-OH is 1. The van der Waals surface area contributed by atoms with E-state index in [1.54, 1.807) is 6.92 Å². The molecule has 0 aliphatic rings. The molecule has 2 N–H and O–H groups in total. The molecule has 1 unspecified atom stereocenters. The molecule has 2 aromatic rings. The third kappa shape index (κ3) is 4.18. The van der Waals surface area contributed by atoms with Gasteiger partial charge in [0, 0.05) is 25.9 Å². The maximum atomic E-state index is 11.7. The number of fused-ring (bicyclic) bond motifs is 1. The van der Waals surface area contributed by atoms with Gasteiger partial charge in [-0.25, -0.2) is 4.98 Å². The topological polar surface area (TPSA) is 67.2 Å². The molecule has 1 atom stereocenters. The fourth-order valence-corrected chi connectivity index (χ4v) is 2.39. The molecule has 2 rings (SSSR count). The van der Waals surface area contributed by atoms with Crippen LogP contribution in [0.3, 0.4) is 0 Å². The molecule has 5 heteroatoms. The quantitative estimate of drug-likeness (QED) is 0.733. The Balaban J connectivity index is 1.97. The van der Waals surface area contributed by atoms with Crippen LogP contribution in [0.25, 0.3) is 11.0 Å². The Labute approximate surface area is 130 Å². The van der Waals surface area contributed by atoms with Crippen LogP contribution in [0.4, 0.5) is 0 Å². The molecule has 0 aliphatic heterocycles. The first-order valence-electron chi connectivity index (χ1n) is 7.61. The number of imidazole rings is 1. The number of rotatable bonds is 8. The van der Waals surface area contributed by atoms with Crippen LogP contribution in [0.1, 0.15) is 25.6 Å². The highest BCUT2D eigenvalue weighted by Crippen LogP contribution is 2.16. The normalized spacial score (nSPS) is 12.3. The van der Waals surface area contributed by atoms with Crippen LogP contribution >= 0.6 is 0 Å². The Morgan fingerprint density at radius 3 is 3.00 bits per heavy atom. The fourth-order valence-electron chi connectivity index (χ4n) is 2.39. The Bertz CT molecular complexity index is 646. The third-order valence-electron chi connectivity index (χ3n) is 3.51. The Morgan fingerprint density at radius 2 is 2.27 bits per heavy atom. The van der Waals surface area contributed by atoms with Gasteiger partial charge in [-0.2, -0.15) is 0 Å². The Kier molecular flexibility index (Phi) is 5.72. The number of para-hydroxylation sites is 2. The van der Waals surface area contributed by atoms with Gasteiger partial charge in [0.1, 0.15) is 5.82 Å². The second-order valence-corrected chi connectivity index (χ2v) is 5.40. The third-order valence-corrected chi connectivity index (χ3v) is 3.51. The van der Waals surface area contributed by atoms with E-state index in [-0.39, 0.29) is 5.91 Å². The van der Waals surface area contributed by atoms with Crippen molar-refractivity contribution in [3.63, 3.8) is 0 Å². The number of carbonyl (C=O) groups excluding carboxylic acids is 1. The van der Waals surface area contributed by atoms with Crippen molar-refractivity contribution in [2.75, 3.05) is 6.54 Å². The SMILES string of the molecule is C=CCn1c(CCNC(=O)CCC(C)O)nc2ccccc21. The van der Waals surface area contributed by atoms with Gasteiger partial charge in [-0.1, -0.05) is 18.2 Å². The van der Waals surface area contributed by atoms with Crippen molar-refractivity contribution in [3.05, 3.63) is 42.7 Å². The molecule has 0 saturated carbocycles. The summed E-state index contributed by atoms with van der Waals surface area (Å²) in [5.74, 6) is 0.907. The molecule has 5 nitrogen and oxygen atoms in total. The minimum absolute atomic E-state index is 0.0349. The van der Waals surface area contributed by atoms with E-state index in [1.807, 2.05) is 30.3 Å². The van der Waals surface area contributed by atoms with Crippen molar-refractivity contribution in [3.8, 4) is 0 Å². The molecule has 22 heavy (non-hydrogen) atoms. The van der Waals surface area contributed by atoms with E-state index >= 15 is 0 Å². The highest BCUT2D eigenvalue weighted by atomic mass is 16.3. The molecular formula is C17H23N3O2. The lowest BCUT2D eigenvalue weighted by molar-refractivity contribution is -0.121. The largest absolute Gasteiger partial charge is 0.393 e. The standard InChI is InChI=1S/C17H23N3O2/c1-3-12-20-15-7-5-4-6-14(15)19-16(20)10-11-18-17(22)9-8-13(2)21/h3-7,13,21H,1,8-12H2,2H3,(H,18,22). The van der Waals surface area contributed by atoms with Crippen LogP contribution in [-0.4, -0.2) is 33.2 Å². The van der Waals surface area contributed by atoms with Crippen LogP contribution in [0, 0.1) is 0 Å². The fraction of sp³-hybridized carbons (Fsp3) is 0.412. The van der Waals surface area contributed by atoms with Gasteiger partial charge in [0.05, 0.1) is 17.1 Å². The molecule has 0 spiro atoms. The second-order valence-electron chi connectivity index (χ2n) is 5.40.